The van der Waals surface area contributed by atoms with Crippen LogP contribution in [0.25, 0.3) is 28.5 Å². The number of nitrogens with zero attached hydrogens (tertiary/aromatic N) is 5. The van der Waals surface area contributed by atoms with Crippen molar-refractivity contribution < 1.29 is 14.2 Å². The van der Waals surface area contributed by atoms with E-state index >= 15 is 0 Å². The number of rotatable bonds is 6. The molecule has 0 aliphatic carbocycles. The van der Waals surface area contributed by atoms with E-state index in [2.05, 4.69) is 19.9 Å². The molecule has 2 N–H and O–H groups in total. The third-order valence-corrected chi connectivity index (χ3v) is 4.26. The molecule has 4 aromatic rings. The van der Waals surface area contributed by atoms with Crippen molar-refractivity contribution in [3.05, 3.63) is 42.6 Å². The highest BCUT2D eigenvalue weighted by molar-refractivity contribution is 5.79. The van der Waals surface area contributed by atoms with Gasteiger partial charge in [0.25, 0.3) is 0 Å². The topological polar surface area (TPSA) is 110 Å². The number of benzene rings is 1. The molecule has 0 aliphatic rings. The molecule has 0 atom stereocenters. The molecule has 9 heteroatoms. The van der Waals surface area contributed by atoms with Gasteiger partial charge in [-0.05, 0) is 25.1 Å². The Morgan fingerprint density at radius 2 is 1.61 bits per heavy atom. The molecular formula is C22H26N6O3. The van der Waals surface area contributed by atoms with Crippen molar-refractivity contribution in [2.24, 2.45) is 0 Å². The van der Waals surface area contributed by atoms with Crippen LogP contribution < -0.4 is 19.9 Å². The molecule has 4 rings (SSSR count). The minimum atomic E-state index is 0.273. The van der Waals surface area contributed by atoms with E-state index in [1.165, 1.54) is 6.20 Å². The molecule has 0 saturated heterocycles. The summed E-state index contributed by atoms with van der Waals surface area (Å²) in [6, 6.07) is 11.0. The standard InChI is InChI=1S/C20H20N6O3.C2H6/c1-4-29-16-10-5-7-12(23-16)19-25-18-20(24-15(21)11-22-18)26(19)17-13(27-2)8-6-9-14(17)28-3;1-2/h5-11H,4H2,1-3H3,(H2,21,24);1-2H3. The second-order valence-corrected chi connectivity index (χ2v) is 6.02. The molecule has 9 nitrogen and oxygen atoms in total. The molecule has 0 radical (unpaired) electrons. The van der Waals surface area contributed by atoms with E-state index in [1.807, 2.05) is 51.1 Å². The van der Waals surface area contributed by atoms with Gasteiger partial charge in [-0.15, -0.1) is 0 Å². The first kappa shape index (κ1) is 21.8. The van der Waals surface area contributed by atoms with E-state index in [4.69, 9.17) is 19.9 Å². The zero-order chi connectivity index (χ0) is 22.4. The van der Waals surface area contributed by atoms with E-state index in [0.717, 1.165) is 0 Å². The predicted molar refractivity (Wildman–Crippen MR) is 120 cm³/mol. The number of imidazole rings is 1. The Balaban J connectivity index is 0.00000132. The van der Waals surface area contributed by atoms with Gasteiger partial charge in [-0.2, -0.15) is 0 Å². The summed E-state index contributed by atoms with van der Waals surface area (Å²) in [5.74, 6) is 2.44. The fourth-order valence-corrected chi connectivity index (χ4v) is 3.07. The van der Waals surface area contributed by atoms with E-state index < -0.39 is 0 Å². The molecule has 3 aromatic heterocycles. The van der Waals surface area contributed by atoms with Crippen molar-refractivity contribution in [3.8, 4) is 34.6 Å². The molecule has 162 valence electrons. The number of nitrogen functional groups attached to an aromatic ring is 1. The van der Waals surface area contributed by atoms with Crippen molar-refractivity contribution in [2.75, 3.05) is 26.6 Å². The van der Waals surface area contributed by atoms with Crippen molar-refractivity contribution in [2.45, 2.75) is 20.8 Å². The zero-order valence-electron chi connectivity index (χ0n) is 18.3. The normalized spacial score (nSPS) is 10.4. The highest BCUT2D eigenvalue weighted by Crippen LogP contribution is 2.37. The van der Waals surface area contributed by atoms with Gasteiger partial charge in [0.1, 0.15) is 28.7 Å². The first-order chi connectivity index (χ1) is 15.2. The fraction of sp³-hybridized carbons (Fsp3) is 0.273. The second-order valence-electron chi connectivity index (χ2n) is 6.02. The van der Waals surface area contributed by atoms with Crippen LogP contribution in [-0.4, -0.2) is 45.3 Å². The Bertz CT molecular complexity index is 1150. The third kappa shape index (κ3) is 4.20. The molecule has 3 heterocycles. The molecule has 31 heavy (non-hydrogen) atoms. The van der Waals surface area contributed by atoms with E-state index in [0.29, 0.717) is 52.5 Å². The van der Waals surface area contributed by atoms with Gasteiger partial charge in [0.05, 0.1) is 27.0 Å². The van der Waals surface area contributed by atoms with Gasteiger partial charge in [-0.3, -0.25) is 4.57 Å². The summed E-state index contributed by atoms with van der Waals surface area (Å²) in [5, 5.41) is 0. The molecule has 0 saturated carbocycles. The number of para-hydroxylation sites is 1. The van der Waals surface area contributed by atoms with E-state index in [-0.39, 0.29) is 5.82 Å². The summed E-state index contributed by atoms with van der Waals surface area (Å²) in [7, 11) is 3.18. The van der Waals surface area contributed by atoms with Gasteiger partial charge in [0.2, 0.25) is 5.88 Å². The van der Waals surface area contributed by atoms with Gasteiger partial charge in [0, 0.05) is 6.07 Å². The third-order valence-electron chi connectivity index (χ3n) is 4.26. The second kappa shape index (κ2) is 9.75. The summed E-state index contributed by atoms with van der Waals surface area (Å²) in [4.78, 5) is 18.0. The molecule has 0 amide bonds. The van der Waals surface area contributed by atoms with Gasteiger partial charge in [0.15, 0.2) is 17.1 Å². The van der Waals surface area contributed by atoms with Crippen LogP contribution in [0.5, 0.6) is 17.4 Å². The number of hydrogen-bond acceptors (Lipinski definition) is 8. The van der Waals surface area contributed by atoms with Gasteiger partial charge in [-0.1, -0.05) is 26.0 Å². The Hall–Kier alpha value is -3.88. The fourth-order valence-electron chi connectivity index (χ4n) is 3.07. The Morgan fingerprint density at radius 3 is 2.26 bits per heavy atom. The molecule has 0 spiro atoms. The number of ether oxygens (including phenoxy) is 3. The predicted octanol–water partition coefficient (Wildman–Crippen LogP) is 3.90. The molecule has 0 unspecified atom stereocenters. The molecule has 1 aromatic carbocycles. The maximum absolute atomic E-state index is 5.91. The zero-order valence-corrected chi connectivity index (χ0v) is 18.3. The minimum Gasteiger partial charge on any atom is -0.494 e. The van der Waals surface area contributed by atoms with E-state index in [9.17, 15) is 0 Å². The number of pyridine rings is 1. The lowest BCUT2D eigenvalue weighted by molar-refractivity contribution is 0.327. The van der Waals surface area contributed by atoms with Crippen molar-refractivity contribution >= 4 is 17.1 Å². The summed E-state index contributed by atoms with van der Waals surface area (Å²) < 4.78 is 18.5. The smallest absolute Gasteiger partial charge is 0.213 e. The highest BCUT2D eigenvalue weighted by atomic mass is 16.5. The lowest BCUT2D eigenvalue weighted by Crippen LogP contribution is -2.06. The average molecular weight is 422 g/mol. The Morgan fingerprint density at radius 1 is 0.935 bits per heavy atom. The summed E-state index contributed by atoms with van der Waals surface area (Å²) in [6.45, 7) is 6.41. The first-order valence-electron chi connectivity index (χ1n) is 9.98. The van der Waals surface area contributed by atoms with Crippen LogP contribution in [0.15, 0.2) is 42.6 Å². The summed E-state index contributed by atoms with van der Waals surface area (Å²) in [5.41, 5.74) is 8.01. The molecule has 0 aliphatic heterocycles. The van der Waals surface area contributed by atoms with Gasteiger partial charge < -0.3 is 19.9 Å². The summed E-state index contributed by atoms with van der Waals surface area (Å²) >= 11 is 0. The van der Waals surface area contributed by atoms with Crippen LogP contribution in [0, 0.1) is 0 Å². The molecular weight excluding hydrogens is 396 g/mol. The monoisotopic (exact) mass is 422 g/mol. The maximum atomic E-state index is 5.91. The van der Waals surface area contributed by atoms with Crippen molar-refractivity contribution in [1.29, 1.82) is 0 Å². The molecule has 0 fully saturated rings. The number of anilines is 1. The summed E-state index contributed by atoms with van der Waals surface area (Å²) in [6.07, 6.45) is 1.47. The lowest BCUT2D eigenvalue weighted by Gasteiger charge is -2.16. The first-order valence-corrected chi connectivity index (χ1v) is 9.98. The lowest BCUT2D eigenvalue weighted by atomic mass is 10.2. The molecule has 0 bridgehead atoms. The number of nitrogens with two attached hydrogens (primary N) is 1. The SMILES string of the molecule is CC.CCOc1cccc(-c2nc3ncc(N)nc3n2-c2c(OC)cccc2OC)n1. The minimum absolute atomic E-state index is 0.273. The van der Waals surface area contributed by atoms with E-state index in [1.54, 1.807) is 24.9 Å². The number of hydrogen-bond donors (Lipinski definition) is 1. The van der Waals surface area contributed by atoms with Crippen LogP contribution in [0.3, 0.4) is 0 Å². The van der Waals surface area contributed by atoms with Crippen LogP contribution in [-0.2, 0) is 0 Å². The number of fused-ring (bicyclic) bond motifs is 1. The largest absolute Gasteiger partial charge is 0.494 e. The average Bonchev–Trinajstić information content (AvgIpc) is 3.18. The quantitative estimate of drug-likeness (QED) is 0.498. The maximum Gasteiger partial charge on any atom is 0.213 e. The van der Waals surface area contributed by atoms with Crippen LogP contribution >= 0.6 is 0 Å². The van der Waals surface area contributed by atoms with Crippen molar-refractivity contribution in [3.63, 3.8) is 0 Å². The van der Waals surface area contributed by atoms with Gasteiger partial charge >= 0.3 is 0 Å². The number of aromatic nitrogens is 5. The van der Waals surface area contributed by atoms with Crippen LogP contribution in [0.1, 0.15) is 20.8 Å². The van der Waals surface area contributed by atoms with Gasteiger partial charge in [-0.25, -0.2) is 19.9 Å². The van der Waals surface area contributed by atoms with Crippen LogP contribution in [0.2, 0.25) is 0 Å². The van der Waals surface area contributed by atoms with Crippen molar-refractivity contribution in [1.82, 2.24) is 24.5 Å². The Labute approximate surface area is 180 Å². The number of methoxy groups -OCH3 is 2. The highest BCUT2D eigenvalue weighted by Gasteiger charge is 2.23. The Kier molecular flexibility index (Phi) is 6.86. The van der Waals surface area contributed by atoms with Crippen LogP contribution in [0.4, 0.5) is 5.82 Å².